The third-order valence-electron chi connectivity index (χ3n) is 6.75. The average molecular weight is 515 g/mol. The number of fused-ring (bicyclic) bond motifs is 2. The highest BCUT2D eigenvalue weighted by atomic mass is 16.4. The highest BCUT2D eigenvalue weighted by Crippen LogP contribution is 2.41. The minimum atomic E-state index is -1.17. The van der Waals surface area contributed by atoms with Crippen molar-refractivity contribution >= 4 is 34.1 Å². The lowest BCUT2D eigenvalue weighted by Crippen LogP contribution is -2.21. The summed E-state index contributed by atoms with van der Waals surface area (Å²) in [5, 5.41) is 23.2. The van der Waals surface area contributed by atoms with Crippen LogP contribution in [0.2, 0.25) is 0 Å². The van der Waals surface area contributed by atoms with Crippen LogP contribution in [-0.2, 0) is 0 Å². The highest BCUT2D eigenvalue weighted by Gasteiger charge is 2.32. The first-order valence-electron chi connectivity index (χ1n) is 12.3. The Morgan fingerprint density at radius 2 is 0.974 bits per heavy atom. The summed E-state index contributed by atoms with van der Waals surface area (Å²) in [6, 6.07) is 30.2. The van der Waals surface area contributed by atoms with Gasteiger partial charge in [-0.3, -0.25) is 0 Å². The van der Waals surface area contributed by atoms with Gasteiger partial charge in [-0.05, 0) is 41.0 Å². The standard InChI is InChI=1S/C33H22O6/c34-30-23-10-4-6-12-25(23)38-32(36)28(30)27(29-31(35)24-11-5-7-13-26(24)39-33(29)37)22-18-16-21(17-19-22)15-14-20-8-2-1-3-9-20/h1-19,27,34-35H. The van der Waals surface area contributed by atoms with Crippen molar-refractivity contribution in [2.45, 2.75) is 5.92 Å². The number of aromatic hydroxyl groups is 2. The Kier molecular flexibility index (Phi) is 6.05. The molecule has 0 unspecified atom stereocenters. The van der Waals surface area contributed by atoms with E-state index in [1.807, 2.05) is 54.6 Å². The van der Waals surface area contributed by atoms with Gasteiger partial charge in [0.15, 0.2) is 0 Å². The summed E-state index contributed by atoms with van der Waals surface area (Å²) in [6.45, 7) is 0. The minimum absolute atomic E-state index is 0.167. The fourth-order valence-electron chi connectivity index (χ4n) is 4.84. The van der Waals surface area contributed by atoms with E-state index in [4.69, 9.17) is 8.83 Å². The Labute approximate surface area is 222 Å². The van der Waals surface area contributed by atoms with Crippen LogP contribution in [0.3, 0.4) is 0 Å². The van der Waals surface area contributed by atoms with Crippen LogP contribution in [-0.4, -0.2) is 10.2 Å². The molecule has 39 heavy (non-hydrogen) atoms. The van der Waals surface area contributed by atoms with Crippen LogP contribution >= 0.6 is 0 Å². The lowest BCUT2D eigenvalue weighted by molar-refractivity contribution is 0.441. The maximum absolute atomic E-state index is 13.3. The molecular formula is C33H22O6. The van der Waals surface area contributed by atoms with Crippen LogP contribution in [0, 0.1) is 0 Å². The largest absolute Gasteiger partial charge is 0.507 e. The highest BCUT2D eigenvalue weighted by molar-refractivity contribution is 5.87. The van der Waals surface area contributed by atoms with Crippen LogP contribution < -0.4 is 11.3 Å². The summed E-state index contributed by atoms with van der Waals surface area (Å²) >= 11 is 0. The lowest BCUT2D eigenvalue weighted by atomic mass is 9.84. The molecule has 0 saturated heterocycles. The third-order valence-corrected chi connectivity index (χ3v) is 6.75. The van der Waals surface area contributed by atoms with E-state index in [0.717, 1.165) is 11.1 Å². The second-order valence-electron chi connectivity index (χ2n) is 9.14. The van der Waals surface area contributed by atoms with Gasteiger partial charge in [-0.15, -0.1) is 0 Å². The van der Waals surface area contributed by atoms with Gasteiger partial charge in [0.25, 0.3) is 0 Å². The second-order valence-corrected chi connectivity index (χ2v) is 9.14. The molecule has 6 rings (SSSR count). The zero-order valence-electron chi connectivity index (χ0n) is 20.6. The van der Waals surface area contributed by atoms with Gasteiger partial charge in [-0.25, -0.2) is 9.59 Å². The third kappa shape index (κ3) is 4.38. The molecule has 0 aliphatic rings. The Morgan fingerprint density at radius 3 is 1.49 bits per heavy atom. The van der Waals surface area contributed by atoms with E-state index >= 15 is 0 Å². The summed E-state index contributed by atoms with van der Waals surface area (Å²) in [4.78, 5) is 26.6. The molecule has 0 spiro atoms. The molecule has 6 nitrogen and oxygen atoms in total. The van der Waals surface area contributed by atoms with E-state index < -0.39 is 17.2 Å². The van der Waals surface area contributed by atoms with Crippen LogP contribution in [0.4, 0.5) is 0 Å². The van der Waals surface area contributed by atoms with Gasteiger partial charge < -0.3 is 19.0 Å². The second kappa shape index (κ2) is 9.84. The molecule has 0 aliphatic heterocycles. The normalized spacial score (nSPS) is 11.6. The van der Waals surface area contributed by atoms with Crippen molar-refractivity contribution in [1.82, 2.24) is 0 Å². The van der Waals surface area contributed by atoms with Gasteiger partial charge in [0.2, 0.25) is 0 Å². The quantitative estimate of drug-likeness (QED) is 0.197. The molecule has 0 saturated carbocycles. The molecule has 0 amide bonds. The molecule has 4 aromatic carbocycles. The Bertz CT molecular complexity index is 1870. The van der Waals surface area contributed by atoms with Gasteiger partial charge in [-0.2, -0.15) is 0 Å². The van der Waals surface area contributed by atoms with Crippen molar-refractivity contribution in [2.75, 3.05) is 0 Å². The van der Waals surface area contributed by atoms with Crippen molar-refractivity contribution in [3.8, 4) is 11.5 Å². The fourth-order valence-corrected chi connectivity index (χ4v) is 4.84. The Balaban J connectivity index is 1.57. The molecule has 0 bridgehead atoms. The summed E-state index contributed by atoms with van der Waals surface area (Å²) in [5.41, 5.74) is 0.841. The van der Waals surface area contributed by atoms with Crippen LogP contribution in [0.25, 0.3) is 34.1 Å². The van der Waals surface area contributed by atoms with Crippen LogP contribution in [0.1, 0.15) is 33.7 Å². The molecule has 2 aromatic heterocycles. The predicted octanol–water partition coefficient (Wildman–Crippen LogP) is 6.66. The molecule has 6 aromatic rings. The number of hydrogen-bond donors (Lipinski definition) is 2. The Hall–Kier alpha value is -5.36. The van der Waals surface area contributed by atoms with Crippen LogP contribution in [0.5, 0.6) is 11.5 Å². The van der Waals surface area contributed by atoms with Crippen LogP contribution in [0.15, 0.2) is 122 Å². The SMILES string of the molecule is O=c1oc2ccccc2c(O)c1C(c1ccc(C=Cc2ccccc2)cc1)c1c(O)c2ccccc2oc1=O. The molecular weight excluding hydrogens is 492 g/mol. The fraction of sp³-hybridized carbons (Fsp3) is 0.0303. The average Bonchev–Trinajstić information content (AvgIpc) is 2.96. The van der Waals surface area contributed by atoms with Gasteiger partial charge in [0.1, 0.15) is 22.7 Å². The zero-order chi connectivity index (χ0) is 26.9. The smallest absolute Gasteiger partial charge is 0.344 e. The molecule has 2 N–H and O–H groups in total. The topological polar surface area (TPSA) is 101 Å². The van der Waals surface area contributed by atoms with Gasteiger partial charge in [0.05, 0.1) is 27.8 Å². The first kappa shape index (κ1) is 24.0. The molecule has 0 aliphatic carbocycles. The summed E-state index contributed by atoms with van der Waals surface area (Å²) in [6.07, 6.45) is 3.91. The molecule has 0 radical (unpaired) electrons. The maximum Gasteiger partial charge on any atom is 0.344 e. The summed E-state index contributed by atoms with van der Waals surface area (Å²) < 4.78 is 11.1. The van der Waals surface area contributed by atoms with Crippen molar-refractivity contribution in [1.29, 1.82) is 0 Å². The van der Waals surface area contributed by atoms with E-state index in [-0.39, 0.29) is 33.8 Å². The number of para-hydroxylation sites is 2. The first-order valence-corrected chi connectivity index (χ1v) is 12.3. The van der Waals surface area contributed by atoms with E-state index in [1.54, 1.807) is 60.7 Å². The molecule has 2 heterocycles. The monoisotopic (exact) mass is 514 g/mol. The van der Waals surface area contributed by atoms with Crippen molar-refractivity contribution in [3.63, 3.8) is 0 Å². The number of rotatable bonds is 5. The van der Waals surface area contributed by atoms with Gasteiger partial charge in [0, 0.05) is 0 Å². The molecule has 190 valence electrons. The lowest BCUT2D eigenvalue weighted by Gasteiger charge is -2.20. The first-order chi connectivity index (χ1) is 19.0. The summed E-state index contributed by atoms with van der Waals surface area (Å²) in [7, 11) is 0. The zero-order valence-corrected chi connectivity index (χ0v) is 20.6. The Morgan fingerprint density at radius 1 is 0.538 bits per heavy atom. The van der Waals surface area contributed by atoms with Crippen molar-refractivity contribution < 1.29 is 19.0 Å². The summed E-state index contributed by atoms with van der Waals surface area (Å²) in [5.74, 6) is -1.82. The predicted molar refractivity (Wildman–Crippen MR) is 151 cm³/mol. The number of benzene rings is 4. The maximum atomic E-state index is 13.3. The molecule has 0 atom stereocenters. The van der Waals surface area contributed by atoms with Gasteiger partial charge >= 0.3 is 11.3 Å². The minimum Gasteiger partial charge on any atom is -0.507 e. The molecule has 6 heteroatoms. The van der Waals surface area contributed by atoms with E-state index in [1.165, 1.54) is 0 Å². The van der Waals surface area contributed by atoms with E-state index in [9.17, 15) is 19.8 Å². The van der Waals surface area contributed by atoms with E-state index in [0.29, 0.717) is 16.3 Å². The van der Waals surface area contributed by atoms with Crippen molar-refractivity contribution in [2.24, 2.45) is 0 Å². The van der Waals surface area contributed by atoms with E-state index in [2.05, 4.69) is 0 Å². The van der Waals surface area contributed by atoms with Gasteiger partial charge in [-0.1, -0.05) is 91.0 Å². The molecule has 0 fully saturated rings. The van der Waals surface area contributed by atoms with Crippen molar-refractivity contribution in [3.05, 3.63) is 152 Å². The number of hydrogen-bond acceptors (Lipinski definition) is 6.